The number of aromatic nitrogens is 1. The Morgan fingerprint density at radius 2 is 2.00 bits per heavy atom. The Labute approximate surface area is 130 Å². The van der Waals surface area contributed by atoms with Gasteiger partial charge in [-0.05, 0) is 52.7 Å². The van der Waals surface area contributed by atoms with Crippen LogP contribution in [0.5, 0.6) is 0 Å². The standard InChI is InChI=1S/C15H14BrFN2O2/c1-2-19(9-10-5-7-18-8-6-10)12-4-3-11(15(20)21)13(16)14(12)17/h3-8H,2,9H2,1H3,(H,20,21). The highest BCUT2D eigenvalue weighted by Gasteiger charge is 2.19. The maximum atomic E-state index is 14.4. The summed E-state index contributed by atoms with van der Waals surface area (Å²) in [6.07, 6.45) is 3.37. The van der Waals surface area contributed by atoms with Crippen LogP contribution >= 0.6 is 15.9 Å². The Hall–Kier alpha value is -1.95. The zero-order chi connectivity index (χ0) is 15.4. The molecule has 0 saturated heterocycles. The molecule has 1 N–H and O–H groups in total. The molecule has 0 amide bonds. The lowest BCUT2D eigenvalue weighted by Crippen LogP contribution is -2.23. The molecular formula is C15H14BrFN2O2. The first-order chi connectivity index (χ1) is 10.0. The maximum Gasteiger partial charge on any atom is 0.336 e. The smallest absolute Gasteiger partial charge is 0.336 e. The van der Waals surface area contributed by atoms with Gasteiger partial charge in [0.15, 0.2) is 5.82 Å². The molecule has 0 fully saturated rings. The Morgan fingerprint density at radius 3 is 2.57 bits per heavy atom. The van der Waals surface area contributed by atoms with Gasteiger partial charge in [0, 0.05) is 25.5 Å². The van der Waals surface area contributed by atoms with E-state index < -0.39 is 11.8 Å². The lowest BCUT2D eigenvalue weighted by atomic mass is 10.1. The number of aromatic carboxylic acids is 1. The summed E-state index contributed by atoms with van der Waals surface area (Å²) in [5.41, 5.74) is 1.28. The van der Waals surface area contributed by atoms with Crippen LogP contribution in [-0.4, -0.2) is 22.6 Å². The van der Waals surface area contributed by atoms with Crippen LogP contribution in [0, 0.1) is 5.82 Å². The van der Waals surface area contributed by atoms with E-state index in [2.05, 4.69) is 20.9 Å². The molecule has 1 aromatic heterocycles. The predicted octanol–water partition coefficient (Wildman–Crippen LogP) is 3.71. The molecule has 1 aromatic carbocycles. The third kappa shape index (κ3) is 3.39. The van der Waals surface area contributed by atoms with Crippen LogP contribution in [0.15, 0.2) is 41.1 Å². The van der Waals surface area contributed by atoms with E-state index in [4.69, 9.17) is 5.11 Å². The van der Waals surface area contributed by atoms with Crippen molar-refractivity contribution < 1.29 is 14.3 Å². The molecule has 0 unspecified atom stereocenters. The van der Waals surface area contributed by atoms with Gasteiger partial charge in [-0.25, -0.2) is 9.18 Å². The van der Waals surface area contributed by atoms with Crippen molar-refractivity contribution in [3.8, 4) is 0 Å². The Kier molecular flexibility index (Phi) is 4.90. The van der Waals surface area contributed by atoms with Crippen LogP contribution in [0.1, 0.15) is 22.8 Å². The predicted molar refractivity (Wildman–Crippen MR) is 82.0 cm³/mol. The zero-order valence-corrected chi connectivity index (χ0v) is 13.0. The van der Waals surface area contributed by atoms with Gasteiger partial charge in [-0.3, -0.25) is 4.98 Å². The van der Waals surface area contributed by atoms with Gasteiger partial charge in [0.05, 0.1) is 15.7 Å². The molecule has 6 heteroatoms. The fourth-order valence-electron chi connectivity index (χ4n) is 2.02. The molecule has 2 aromatic rings. The monoisotopic (exact) mass is 352 g/mol. The number of hydrogen-bond donors (Lipinski definition) is 1. The first-order valence-electron chi connectivity index (χ1n) is 6.39. The van der Waals surface area contributed by atoms with Crippen molar-refractivity contribution in [3.63, 3.8) is 0 Å². The minimum absolute atomic E-state index is 0.0271. The van der Waals surface area contributed by atoms with E-state index in [9.17, 15) is 9.18 Å². The molecule has 0 radical (unpaired) electrons. The van der Waals surface area contributed by atoms with Gasteiger partial charge < -0.3 is 10.0 Å². The van der Waals surface area contributed by atoms with Crippen LogP contribution in [0.2, 0.25) is 0 Å². The van der Waals surface area contributed by atoms with E-state index in [-0.39, 0.29) is 10.0 Å². The van der Waals surface area contributed by atoms with Crippen molar-refractivity contribution in [2.75, 3.05) is 11.4 Å². The van der Waals surface area contributed by atoms with Gasteiger partial charge in [-0.15, -0.1) is 0 Å². The summed E-state index contributed by atoms with van der Waals surface area (Å²) in [4.78, 5) is 16.8. The van der Waals surface area contributed by atoms with Crippen LogP contribution < -0.4 is 4.90 Å². The van der Waals surface area contributed by atoms with E-state index in [1.807, 2.05) is 24.0 Å². The van der Waals surface area contributed by atoms with Crippen LogP contribution in [0.25, 0.3) is 0 Å². The van der Waals surface area contributed by atoms with Crippen LogP contribution in [-0.2, 0) is 6.54 Å². The molecule has 21 heavy (non-hydrogen) atoms. The lowest BCUT2D eigenvalue weighted by molar-refractivity contribution is 0.0695. The number of benzene rings is 1. The SMILES string of the molecule is CCN(Cc1ccncc1)c1ccc(C(=O)O)c(Br)c1F. The first kappa shape index (κ1) is 15.4. The van der Waals surface area contributed by atoms with Crippen molar-refractivity contribution in [2.45, 2.75) is 13.5 Å². The minimum atomic E-state index is -1.16. The van der Waals surface area contributed by atoms with Gasteiger partial charge in [-0.2, -0.15) is 0 Å². The first-order valence-corrected chi connectivity index (χ1v) is 7.19. The highest BCUT2D eigenvalue weighted by Crippen LogP contribution is 2.30. The molecule has 110 valence electrons. The van der Waals surface area contributed by atoms with Crippen molar-refractivity contribution in [1.29, 1.82) is 0 Å². The molecule has 0 aliphatic heterocycles. The highest BCUT2D eigenvalue weighted by molar-refractivity contribution is 9.10. The van der Waals surface area contributed by atoms with Crippen molar-refractivity contribution in [1.82, 2.24) is 4.98 Å². The Balaban J connectivity index is 2.35. The summed E-state index contributed by atoms with van der Waals surface area (Å²) >= 11 is 3.02. The van der Waals surface area contributed by atoms with Crippen molar-refractivity contribution in [3.05, 3.63) is 58.1 Å². The topological polar surface area (TPSA) is 53.4 Å². The van der Waals surface area contributed by atoms with Crippen LogP contribution in [0.4, 0.5) is 10.1 Å². The van der Waals surface area contributed by atoms with Gasteiger partial charge >= 0.3 is 5.97 Å². The molecule has 0 atom stereocenters. The van der Waals surface area contributed by atoms with Gasteiger partial charge in [0.1, 0.15) is 0 Å². The summed E-state index contributed by atoms with van der Waals surface area (Å²) in [5.74, 6) is -1.73. The van der Waals surface area contributed by atoms with Crippen molar-refractivity contribution in [2.24, 2.45) is 0 Å². The van der Waals surface area contributed by atoms with Gasteiger partial charge in [0.2, 0.25) is 0 Å². The van der Waals surface area contributed by atoms with E-state index in [1.54, 1.807) is 12.4 Å². The molecule has 0 aliphatic rings. The second-order valence-corrected chi connectivity index (χ2v) is 5.23. The third-order valence-corrected chi connectivity index (χ3v) is 3.91. The fraction of sp³-hybridized carbons (Fsp3) is 0.200. The molecule has 2 rings (SSSR count). The molecule has 0 spiro atoms. The molecule has 0 bridgehead atoms. The summed E-state index contributed by atoms with van der Waals surface area (Å²) in [6, 6.07) is 6.62. The number of pyridine rings is 1. The number of carboxylic acids is 1. The van der Waals surface area contributed by atoms with E-state index in [1.165, 1.54) is 12.1 Å². The summed E-state index contributed by atoms with van der Waals surface area (Å²) in [7, 11) is 0. The molecule has 4 nitrogen and oxygen atoms in total. The van der Waals surface area contributed by atoms with E-state index in [0.717, 1.165) is 5.56 Å². The van der Waals surface area contributed by atoms with E-state index in [0.29, 0.717) is 18.8 Å². The van der Waals surface area contributed by atoms with Crippen molar-refractivity contribution >= 4 is 27.6 Å². The second kappa shape index (κ2) is 6.67. The molecule has 1 heterocycles. The normalized spacial score (nSPS) is 10.4. The largest absolute Gasteiger partial charge is 0.478 e. The quantitative estimate of drug-likeness (QED) is 0.891. The maximum absolute atomic E-state index is 14.4. The third-order valence-electron chi connectivity index (χ3n) is 3.14. The highest BCUT2D eigenvalue weighted by atomic mass is 79.9. The zero-order valence-electron chi connectivity index (χ0n) is 11.4. The van der Waals surface area contributed by atoms with Gasteiger partial charge in [0.25, 0.3) is 0 Å². The molecule has 0 aliphatic carbocycles. The second-order valence-electron chi connectivity index (χ2n) is 4.44. The number of carboxylic acid groups (broad SMARTS) is 1. The number of rotatable bonds is 5. The summed E-state index contributed by atoms with van der Waals surface area (Å²) in [6.45, 7) is 3.03. The molecule has 0 saturated carbocycles. The lowest BCUT2D eigenvalue weighted by Gasteiger charge is -2.24. The molecular weight excluding hydrogens is 339 g/mol. The fourth-order valence-corrected chi connectivity index (χ4v) is 2.53. The number of anilines is 1. The Morgan fingerprint density at radius 1 is 1.33 bits per heavy atom. The number of halogens is 2. The summed E-state index contributed by atoms with van der Waals surface area (Å²) < 4.78 is 14.4. The minimum Gasteiger partial charge on any atom is -0.478 e. The number of carbonyl (C=O) groups is 1. The van der Waals surface area contributed by atoms with Crippen LogP contribution in [0.3, 0.4) is 0 Å². The number of hydrogen-bond acceptors (Lipinski definition) is 3. The van der Waals surface area contributed by atoms with Gasteiger partial charge in [-0.1, -0.05) is 0 Å². The summed E-state index contributed by atoms with van der Waals surface area (Å²) in [5, 5.41) is 8.99. The van der Waals surface area contributed by atoms with E-state index >= 15 is 0 Å². The Bertz CT molecular complexity index is 650. The average Bonchev–Trinajstić information content (AvgIpc) is 2.48. The average molecular weight is 353 g/mol. The number of nitrogens with zero attached hydrogens (tertiary/aromatic N) is 2.